The molecule has 1 aromatic heterocycles. The van der Waals surface area contributed by atoms with Crippen molar-refractivity contribution >= 4 is 22.9 Å². The number of benzene rings is 1. The molecule has 1 saturated heterocycles. The van der Waals surface area contributed by atoms with Crippen molar-refractivity contribution in [1.29, 1.82) is 0 Å². The maximum absolute atomic E-state index is 13.6. The quantitative estimate of drug-likeness (QED) is 0.896. The van der Waals surface area contributed by atoms with E-state index in [2.05, 4.69) is 15.7 Å². The Bertz CT molecular complexity index is 649. The van der Waals surface area contributed by atoms with Crippen LogP contribution in [0.4, 0.5) is 4.39 Å². The van der Waals surface area contributed by atoms with Gasteiger partial charge in [-0.3, -0.25) is 0 Å². The first-order chi connectivity index (χ1) is 10.6. The second-order valence-electron chi connectivity index (χ2n) is 5.42. The van der Waals surface area contributed by atoms with Gasteiger partial charge in [0.05, 0.1) is 21.8 Å². The average Bonchev–Trinajstić information content (AvgIpc) is 3.11. The predicted molar refractivity (Wildman–Crippen MR) is 87.1 cm³/mol. The van der Waals surface area contributed by atoms with Gasteiger partial charge in [-0.15, -0.1) is 11.3 Å². The van der Waals surface area contributed by atoms with Crippen LogP contribution in [0.3, 0.4) is 0 Å². The number of rotatable bonds is 5. The molecule has 1 aliphatic rings. The van der Waals surface area contributed by atoms with Crippen LogP contribution >= 0.6 is 22.9 Å². The van der Waals surface area contributed by atoms with Crippen LogP contribution in [0.15, 0.2) is 23.6 Å². The number of ether oxygens (including phenoxy) is 1. The van der Waals surface area contributed by atoms with Crippen LogP contribution in [0.1, 0.15) is 28.8 Å². The molecular weight excluding hydrogens is 323 g/mol. The van der Waals surface area contributed by atoms with Crippen molar-refractivity contribution in [3.8, 4) is 0 Å². The zero-order chi connectivity index (χ0) is 15.5. The Morgan fingerprint density at radius 2 is 2.36 bits per heavy atom. The van der Waals surface area contributed by atoms with E-state index in [9.17, 15) is 4.39 Å². The third-order valence-corrected chi connectivity index (χ3v) is 4.95. The molecule has 0 radical (unpaired) electrons. The number of aryl methyl sites for hydroxylation is 1. The molecule has 0 bridgehead atoms. The van der Waals surface area contributed by atoms with Crippen molar-refractivity contribution in [2.45, 2.75) is 31.9 Å². The molecule has 22 heavy (non-hydrogen) atoms. The molecule has 1 aromatic carbocycles. The smallest absolute Gasteiger partial charge is 0.142 e. The SMILES string of the molecule is Cc1nc(CCN[C@H]2CCO[C@H]2c2ccc(Cl)c(F)c2)cs1. The summed E-state index contributed by atoms with van der Waals surface area (Å²) in [5.74, 6) is -0.397. The summed E-state index contributed by atoms with van der Waals surface area (Å²) in [5, 5.41) is 6.83. The molecule has 2 atom stereocenters. The summed E-state index contributed by atoms with van der Waals surface area (Å²) in [4.78, 5) is 4.46. The van der Waals surface area contributed by atoms with Gasteiger partial charge in [-0.05, 0) is 31.0 Å². The van der Waals surface area contributed by atoms with E-state index in [1.807, 2.05) is 13.0 Å². The first kappa shape index (κ1) is 15.9. The highest BCUT2D eigenvalue weighted by Gasteiger charge is 2.29. The van der Waals surface area contributed by atoms with Gasteiger partial charge in [-0.1, -0.05) is 17.7 Å². The molecule has 118 valence electrons. The maximum Gasteiger partial charge on any atom is 0.142 e. The Morgan fingerprint density at radius 1 is 1.50 bits per heavy atom. The lowest BCUT2D eigenvalue weighted by Gasteiger charge is -2.20. The van der Waals surface area contributed by atoms with Gasteiger partial charge in [0.1, 0.15) is 5.82 Å². The molecule has 3 rings (SSSR count). The molecule has 1 aliphatic heterocycles. The van der Waals surface area contributed by atoms with Crippen LogP contribution in [0.5, 0.6) is 0 Å². The van der Waals surface area contributed by atoms with Crippen LogP contribution in [-0.4, -0.2) is 24.2 Å². The Hall–Kier alpha value is -1.01. The Balaban J connectivity index is 1.59. The minimum absolute atomic E-state index is 0.121. The highest BCUT2D eigenvalue weighted by Crippen LogP contribution is 2.31. The third-order valence-electron chi connectivity index (χ3n) is 3.82. The van der Waals surface area contributed by atoms with E-state index in [1.54, 1.807) is 17.4 Å². The number of nitrogens with one attached hydrogen (secondary N) is 1. The molecule has 1 N–H and O–H groups in total. The largest absolute Gasteiger partial charge is 0.372 e. The van der Waals surface area contributed by atoms with E-state index in [4.69, 9.17) is 16.3 Å². The fraction of sp³-hybridized carbons (Fsp3) is 0.438. The lowest BCUT2D eigenvalue weighted by molar-refractivity contribution is 0.0986. The molecule has 3 nitrogen and oxygen atoms in total. The van der Waals surface area contributed by atoms with Gasteiger partial charge in [-0.25, -0.2) is 9.37 Å². The summed E-state index contributed by atoms with van der Waals surface area (Å²) < 4.78 is 19.4. The lowest BCUT2D eigenvalue weighted by atomic mass is 10.0. The number of hydrogen-bond acceptors (Lipinski definition) is 4. The van der Waals surface area contributed by atoms with Crippen LogP contribution in [-0.2, 0) is 11.2 Å². The van der Waals surface area contributed by atoms with Crippen LogP contribution in [0.25, 0.3) is 0 Å². The van der Waals surface area contributed by atoms with Crippen molar-refractivity contribution in [1.82, 2.24) is 10.3 Å². The summed E-state index contributed by atoms with van der Waals surface area (Å²) in [5.41, 5.74) is 1.95. The molecule has 2 aromatic rings. The predicted octanol–water partition coefficient (Wildman–Crippen LogP) is 3.91. The van der Waals surface area contributed by atoms with Crippen molar-refractivity contribution in [3.05, 3.63) is 50.7 Å². The summed E-state index contributed by atoms with van der Waals surface area (Å²) >= 11 is 7.41. The zero-order valence-corrected chi connectivity index (χ0v) is 13.9. The van der Waals surface area contributed by atoms with Crippen LogP contribution in [0.2, 0.25) is 5.02 Å². The molecule has 1 fully saturated rings. The average molecular weight is 341 g/mol. The van der Waals surface area contributed by atoms with E-state index in [-0.39, 0.29) is 17.2 Å². The molecule has 0 unspecified atom stereocenters. The molecule has 0 spiro atoms. The fourth-order valence-corrected chi connectivity index (χ4v) is 3.49. The summed E-state index contributed by atoms with van der Waals surface area (Å²) in [6.45, 7) is 3.53. The van der Waals surface area contributed by atoms with E-state index in [1.165, 1.54) is 6.07 Å². The Morgan fingerprint density at radius 3 is 3.09 bits per heavy atom. The summed E-state index contributed by atoms with van der Waals surface area (Å²) in [7, 11) is 0. The van der Waals surface area contributed by atoms with Crippen molar-refractivity contribution in [3.63, 3.8) is 0 Å². The number of halogens is 2. The molecule has 0 amide bonds. The van der Waals surface area contributed by atoms with E-state index >= 15 is 0 Å². The summed E-state index contributed by atoms with van der Waals surface area (Å²) in [6.07, 6.45) is 1.69. The lowest BCUT2D eigenvalue weighted by Crippen LogP contribution is -2.33. The minimum atomic E-state index is -0.397. The first-order valence-corrected chi connectivity index (χ1v) is 8.60. The van der Waals surface area contributed by atoms with Gasteiger partial charge in [-0.2, -0.15) is 0 Å². The Labute approximate surface area is 138 Å². The normalized spacial score (nSPS) is 21.4. The second-order valence-corrected chi connectivity index (χ2v) is 6.89. The Kier molecular flexibility index (Phi) is 5.08. The van der Waals surface area contributed by atoms with Crippen molar-refractivity contribution < 1.29 is 9.13 Å². The van der Waals surface area contributed by atoms with Gasteiger partial charge in [0, 0.05) is 31.0 Å². The van der Waals surface area contributed by atoms with Crippen LogP contribution in [0, 0.1) is 12.7 Å². The van der Waals surface area contributed by atoms with Crippen LogP contribution < -0.4 is 5.32 Å². The van der Waals surface area contributed by atoms with E-state index in [0.717, 1.165) is 35.7 Å². The van der Waals surface area contributed by atoms with Gasteiger partial charge in [0.25, 0.3) is 0 Å². The van der Waals surface area contributed by atoms with Gasteiger partial charge in [0.15, 0.2) is 0 Å². The van der Waals surface area contributed by atoms with Gasteiger partial charge in [0.2, 0.25) is 0 Å². The number of hydrogen-bond donors (Lipinski definition) is 1. The molecule has 0 aliphatic carbocycles. The fourth-order valence-electron chi connectivity index (χ4n) is 2.73. The highest BCUT2D eigenvalue weighted by molar-refractivity contribution is 7.09. The minimum Gasteiger partial charge on any atom is -0.372 e. The third kappa shape index (κ3) is 3.66. The highest BCUT2D eigenvalue weighted by atomic mass is 35.5. The number of aromatic nitrogens is 1. The molecule has 2 heterocycles. The standard InChI is InChI=1S/C16H18ClFN2OS/c1-10-20-12(9-22-10)4-6-19-15-5-7-21-16(15)11-2-3-13(17)14(18)8-11/h2-3,8-9,15-16,19H,4-7H2,1H3/t15-,16-/m0/s1. The van der Waals surface area contributed by atoms with Gasteiger partial charge >= 0.3 is 0 Å². The second kappa shape index (κ2) is 7.04. The molecule has 0 saturated carbocycles. The first-order valence-electron chi connectivity index (χ1n) is 7.34. The number of thiazole rings is 1. The monoisotopic (exact) mass is 340 g/mol. The zero-order valence-electron chi connectivity index (χ0n) is 12.3. The van der Waals surface area contributed by atoms with E-state index in [0.29, 0.717) is 6.61 Å². The van der Waals surface area contributed by atoms with Crippen molar-refractivity contribution in [2.75, 3.05) is 13.2 Å². The molecular formula is C16H18ClFN2OS. The number of nitrogens with zero attached hydrogens (tertiary/aromatic N) is 1. The van der Waals surface area contributed by atoms with Crippen molar-refractivity contribution in [2.24, 2.45) is 0 Å². The van der Waals surface area contributed by atoms with Gasteiger partial charge < -0.3 is 10.1 Å². The molecule has 6 heteroatoms. The maximum atomic E-state index is 13.6. The summed E-state index contributed by atoms with van der Waals surface area (Å²) in [6, 6.07) is 5.08. The topological polar surface area (TPSA) is 34.2 Å². The van der Waals surface area contributed by atoms with E-state index < -0.39 is 5.82 Å².